The molecule has 2 saturated heterocycles. The average molecular weight is 377 g/mol. The van der Waals surface area contributed by atoms with Crippen molar-refractivity contribution in [3.05, 3.63) is 42.2 Å². The van der Waals surface area contributed by atoms with Crippen LogP contribution < -0.4 is 10.1 Å². The van der Waals surface area contributed by atoms with Crippen molar-refractivity contribution in [1.29, 1.82) is 0 Å². The Morgan fingerprint density at radius 2 is 1.86 bits per heavy atom. The number of piperidine rings is 1. The lowest BCUT2D eigenvalue weighted by molar-refractivity contribution is 0.130. The summed E-state index contributed by atoms with van der Waals surface area (Å²) in [4.78, 5) is 0. The fourth-order valence-electron chi connectivity index (χ4n) is 4.36. The van der Waals surface area contributed by atoms with Gasteiger partial charge in [0.15, 0.2) is 0 Å². The molecule has 0 spiro atoms. The van der Waals surface area contributed by atoms with Gasteiger partial charge < -0.3 is 15.2 Å². The number of ether oxygens (including phenoxy) is 1. The van der Waals surface area contributed by atoms with Crippen molar-refractivity contribution in [1.82, 2.24) is 25.7 Å². The van der Waals surface area contributed by atoms with E-state index in [2.05, 4.69) is 25.7 Å². The van der Waals surface area contributed by atoms with Gasteiger partial charge in [0.05, 0.1) is 11.9 Å². The van der Waals surface area contributed by atoms with Crippen LogP contribution in [0, 0.1) is 6.92 Å². The Kier molecular flexibility index (Phi) is 4.24. The molecular formula is C21H23N5O2. The van der Waals surface area contributed by atoms with E-state index in [1.54, 1.807) is 12.3 Å². The lowest BCUT2D eigenvalue weighted by atomic mass is 10.0. The molecule has 2 aliphatic heterocycles. The average Bonchev–Trinajstić information content (AvgIpc) is 3.27. The third-order valence-corrected chi connectivity index (χ3v) is 5.77. The van der Waals surface area contributed by atoms with Gasteiger partial charge in [-0.3, -0.25) is 5.10 Å². The van der Waals surface area contributed by atoms with Crippen molar-refractivity contribution >= 4 is 0 Å². The molecule has 144 valence electrons. The summed E-state index contributed by atoms with van der Waals surface area (Å²) < 4.78 is 6.05. The van der Waals surface area contributed by atoms with Crippen LogP contribution in [0.4, 0.5) is 0 Å². The molecule has 7 nitrogen and oxygen atoms in total. The third kappa shape index (κ3) is 3.22. The number of aromatic amines is 1. The number of phenolic OH excluding ortho intramolecular Hbond substituents is 1. The Labute approximate surface area is 163 Å². The normalized spacial score (nSPS) is 23.7. The number of hydrogen-bond acceptors (Lipinski definition) is 6. The molecule has 0 amide bonds. The van der Waals surface area contributed by atoms with E-state index in [0.29, 0.717) is 29.2 Å². The van der Waals surface area contributed by atoms with Gasteiger partial charge in [-0.15, -0.1) is 10.2 Å². The number of aromatic nitrogens is 4. The fraction of sp³-hybridized carbons (Fsp3) is 0.381. The monoisotopic (exact) mass is 377 g/mol. The minimum Gasteiger partial charge on any atom is -0.507 e. The smallest absolute Gasteiger partial charge is 0.233 e. The van der Waals surface area contributed by atoms with E-state index in [4.69, 9.17) is 4.74 Å². The van der Waals surface area contributed by atoms with Crippen LogP contribution in [-0.2, 0) is 0 Å². The number of nitrogens with zero attached hydrogens (tertiary/aromatic N) is 3. The van der Waals surface area contributed by atoms with E-state index in [9.17, 15) is 5.11 Å². The summed E-state index contributed by atoms with van der Waals surface area (Å²) in [6, 6.07) is 10.4. The van der Waals surface area contributed by atoms with E-state index in [1.165, 1.54) is 12.8 Å². The molecule has 3 N–H and O–H groups in total. The first-order valence-corrected chi connectivity index (χ1v) is 9.76. The topological polar surface area (TPSA) is 96.0 Å². The number of phenols is 1. The number of nitrogens with one attached hydrogen (secondary N) is 2. The molecule has 3 atom stereocenters. The second-order valence-corrected chi connectivity index (χ2v) is 7.75. The highest BCUT2D eigenvalue weighted by Crippen LogP contribution is 2.34. The van der Waals surface area contributed by atoms with Gasteiger partial charge >= 0.3 is 0 Å². The molecule has 2 bridgehead atoms. The maximum absolute atomic E-state index is 10.5. The van der Waals surface area contributed by atoms with Gasteiger partial charge in [-0.05, 0) is 56.4 Å². The van der Waals surface area contributed by atoms with Crippen LogP contribution in [0.2, 0.25) is 0 Å². The Morgan fingerprint density at radius 1 is 1.04 bits per heavy atom. The molecule has 2 aromatic heterocycles. The Morgan fingerprint density at radius 3 is 2.50 bits per heavy atom. The van der Waals surface area contributed by atoms with Crippen LogP contribution in [0.5, 0.6) is 11.6 Å². The summed E-state index contributed by atoms with van der Waals surface area (Å²) in [6.45, 7) is 1.95. The van der Waals surface area contributed by atoms with E-state index in [1.807, 2.05) is 31.2 Å². The quantitative estimate of drug-likeness (QED) is 0.646. The van der Waals surface area contributed by atoms with Crippen LogP contribution in [0.1, 0.15) is 31.4 Å². The molecule has 0 saturated carbocycles. The van der Waals surface area contributed by atoms with Gasteiger partial charge in [0.2, 0.25) is 5.88 Å². The molecule has 3 aromatic rings. The lowest BCUT2D eigenvalue weighted by Crippen LogP contribution is -2.42. The molecule has 2 fully saturated rings. The number of rotatable bonds is 4. The zero-order chi connectivity index (χ0) is 19.1. The van der Waals surface area contributed by atoms with E-state index >= 15 is 0 Å². The van der Waals surface area contributed by atoms with E-state index in [0.717, 1.165) is 29.7 Å². The van der Waals surface area contributed by atoms with Crippen LogP contribution in [0.3, 0.4) is 0 Å². The molecule has 1 aromatic carbocycles. The summed E-state index contributed by atoms with van der Waals surface area (Å²) in [6.07, 6.45) is 6.48. The lowest BCUT2D eigenvalue weighted by Gasteiger charge is -2.28. The van der Waals surface area contributed by atoms with Crippen molar-refractivity contribution in [2.45, 2.75) is 50.8 Å². The molecular weight excluding hydrogens is 354 g/mol. The number of benzene rings is 1. The fourth-order valence-corrected chi connectivity index (χ4v) is 4.36. The highest BCUT2D eigenvalue weighted by molar-refractivity contribution is 5.74. The Hall–Kier alpha value is -2.93. The van der Waals surface area contributed by atoms with Crippen molar-refractivity contribution < 1.29 is 9.84 Å². The zero-order valence-electron chi connectivity index (χ0n) is 15.7. The van der Waals surface area contributed by atoms with Crippen LogP contribution in [-0.4, -0.2) is 43.7 Å². The number of fused-ring (bicyclic) bond motifs is 2. The van der Waals surface area contributed by atoms with Crippen LogP contribution >= 0.6 is 0 Å². The summed E-state index contributed by atoms with van der Waals surface area (Å²) in [7, 11) is 0. The van der Waals surface area contributed by atoms with Crippen molar-refractivity contribution in [3.63, 3.8) is 0 Å². The first kappa shape index (κ1) is 17.2. The van der Waals surface area contributed by atoms with Gasteiger partial charge in [-0.2, -0.15) is 5.10 Å². The molecule has 28 heavy (non-hydrogen) atoms. The number of hydrogen-bond donors (Lipinski definition) is 3. The predicted octanol–water partition coefficient (Wildman–Crippen LogP) is 3.21. The minimum atomic E-state index is 0.163. The molecule has 2 aliphatic rings. The highest BCUT2D eigenvalue weighted by atomic mass is 16.5. The maximum Gasteiger partial charge on any atom is 0.233 e. The number of H-pyrrole nitrogens is 1. The highest BCUT2D eigenvalue weighted by Gasteiger charge is 2.34. The Balaban J connectivity index is 1.32. The largest absolute Gasteiger partial charge is 0.507 e. The minimum absolute atomic E-state index is 0.163. The number of aromatic hydroxyl groups is 1. The summed E-state index contributed by atoms with van der Waals surface area (Å²) >= 11 is 0. The molecule has 0 radical (unpaired) electrons. The van der Waals surface area contributed by atoms with E-state index < -0.39 is 0 Å². The van der Waals surface area contributed by atoms with Crippen molar-refractivity contribution in [2.75, 3.05) is 0 Å². The summed E-state index contributed by atoms with van der Waals surface area (Å²) in [5, 5.41) is 29.5. The van der Waals surface area contributed by atoms with Crippen molar-refractivity contribution in [2.24, 2.45) is 0 Å². The SMILES string of the molecule is Cc1[nH]ncc1-c1ccc(-c2ccc(OC3C[C@H]4CC[C@@H](C3)N4)nn2)c(O)c1. The number of aryl methyl sites for hydroxylation is 1. The third-order valence-electron chi connectivity index (χ3n) is 5.77. The molecule has 1 unspecified atom stereocenters. The van der Waals surface area contributed by atoms with Crippen molar-refractivity contribution in [3.8, 4) is 34.0 Å². The summed E-state index contributed by atoms with van der Waals surface area (Å²) in [5.41, 5.74) is 4.09. The first-order valence-electron chi connectivity index (χ1n) is 9.76. The van der Waals surface area contributed by atoms with Gasteiger partial charge in [-0.25, -0.2) is 0 Å². The van der Waals surface area contributed by atoms with Gasteiger partial charge in [0, 0.05) is 35.0 Å². The molecule has 0 aliphatic carbocycles. The second kappa shape index (κ2) is 6.91. The molecule has 4 heterocycles. The summed E-state index contributed by atoms with van der Waals surface area (Å²) in [5.74, 6) is 0.705. The molecule has 5 rings (SSSR count). The van der Waals surface area contributed by atoms with Gasteiger partial charge in [0.1, 0.15) is 11.9 Å². The first-order chi connectivity index (χ1) is 13.7. The van der Waals surface area contributed by atoms with Gasteiger partial charge in [0.25, 0.3) is 0 Å². The predicted molar refractivity (Wildman–Crippen MR) is 105 cm³/mol. The van der Waals surface area contributed by atoms with Gasteiger partial charge in [-0.1, -0.05) is 6.07 Å². The van der Waals surface area contributed by atoms with Crippen LogP contribution in [0.25, 0.3) is 22.4 Å². The maximum atomic E-state index is 10.5. The van der Waals surface area contributed by atoms with Crippen LogP contribution in [0.15, 0.2) is 36.5 Å². The zero-order valence-corrected chi connectivity index (χ0v) is 15.7. The Bertz CT molecular complexity index is 973. The standard InChI is InChI=1S/C21H23N5O2/c1-12-18(11-22-24-12)13-2-5-17(20(27)8-13)19-6-7-21(26-25-19)28-16-9-14-3-4-15(10-16)23-14/h2,5-8,11,14-16,23,27H,3-4,9-10H2,1H3,(H,22,24)/t14-,15+,16?. The van der Waals surface area contributed by atoms with E-state index in [-0.39, 0.29) is 11.9 Å². The molecule has 7 heteroatoms. The second-order valence-electron chi connectivity index (χ2n) is 7.75.